The van der Waals surface area contributed by atoms with Gasteiger partial charge in [0.2, 0.25) is 0 Å². The predicted octanol–water partition coefficient (Wildman–Crippen LogP) is 3.14. The molecule has 1 aromatic heterocycles. The van der Waals surface area contributed by atoms with Gasteiger partial charge in [-0.25, -0.2) is 4.79 Å². The maximum atomic E-state index is 12.4. The lowest BCUT2D eigenvalue weighted by Crippen LogP contribution is -2.45. The minimum atomic E-state index is -0.895. The second kappa shape index (κ2) is 9.21. The number of hydrogen-bond acceptors (Lipinski definition) is 5. The van der Waals surface area contributed by atoms with E-state index in [4.69, 9.17) is 9.15 Å². The Bertz CT molecular complexity index is 833. The summed E-state index contributed by atoms with van der Waals surface area (Å²) in [6.45, 7) is 8.89. The van der Waals surface area contributed by atoms with Crippen LogP contribution in [-0.4, -0.2) is 30.4 Å². The van der Waals surface area contributed by atoms with E-state index in [1.807, 2.05) is 32.9 Å². The Hall–Kier alpha value is -3.09. The molecule has 150 valence electrons. The van der Waals surface area contributed by atoms with Crippen molar-refractivity contribution in [2.75, 3.05) is 11.9 Å². The molecule has 0 radical (unpaired) electrons. The molecule has 2 N–H and O–H groups in total. The van der Waals surface area contributed by atoms with Crippen LogP contribution in [-0.2, 0) is 14.3 Å². The lowest BCUT2D eigenvalue weighted by molar-refractivity contribution is -0.150. The van der Waals surface area contributed by atoms with Crippen LogP contribution in [0.1, 0.15) is 41.1 Å². The minimum absolute atomic E-state index is 0.0986. The molecule has 2 amide bonds. The molecule has 1 aromatic carbocycles. The Morgan fingerprint density at radius 3 is 2.29 bits per heavy atom. The molecule has 28 heavy (non-hydrogen) atoms. The Morgan fingerprint density at radius 2 is 1.75 bits per heavy atom. The first-order chi connectivity index (χ1) is 13.2. The number of hydrogen-bond donors (Lipinski definition) is 2. The number of nitrogens with one attached hydrogen (secondary N) is 2. The summed E-state index contributed by atoms with van der Waals surface area (Å²) in [6.07, 6.45) is 1.37. The second-order valence-corrected chi connectivity index (χ2v) is 7.10. The normalized spacial score (nSPS) is 11.8. The molecule has 7 heteroatoms. The summed E-state index contributed by atoms with van der Waals surface area (Å²) in [6, 6.07) is 6.11. The zero-order valence-corrected chi connectivity index (χ0v) is 16.8. The van der Waals surface area contributed by atoms with Gasteiger partial charge in [0.25, 0.3) is 11.8 Å². The number of anilines is 1. The summed E-state index contributed by atoms with van der Waals surface area (Å²) in [7, 11) is 0. The molecule has 0 unspecified atom stereocenters. The SMILES string of the molecule is Cc1cc(C)c(NC(=O)COC(=O)[C@@H](NC(=O)c2ccco2)C(C)C)c(C)c1. The van der Waals surface area contributed by atoms with Gasteiger partial charge in [0.15, 0.2) is 12.4 Å². The van der Waals surface area contributed by atoms with Crippen LogP contribution < -0.4 is 10.6 Å². The highest BCUT2D eigenvalue weighted by molar-refractivity contribution is 5.96. The van der Waals surface area contributed by atoms with Gasteiger partial charge in [-0.2, -0.15) is 0 Å². The van der Waals surface area contributed by atoms with Crippen molar-refractivity contribution in [3.05, 3.63) is 53.0 Å². The number of rotatable bonds is 7. The van der Waals surface area contributed by atoms with E-state index >= 15 is 0 Å². The van der Waals surface area contributed by atoms with Crippen molar-refractivity contribution < 1.29 is 23.5 Å². The van der Waals surface area contributed by atoms with Crippen LogP contribution >= 0.6 is 0 Å². The molecule has 0 spiro atoms. The Labute approximate surface area is 164 Å². The van der Waals surface area contributed by atoms with Gasteiger partial charge >= 0.3 is 5.97 Å². The van der Waals surface area contributed by atoms with Crippen LogP contribution in [0.5, 0.6) is 0 Å². The van der Waals surface area contributed by atoms with Crippen molar-refractivity contribution in [1.29, 1.82) is 0 Å². The van der Waals surface area contributed by atoms with E-state index in [0.29, 0.717) is 5.69 Å². The average Bonchev–Trinajstić information content (AvgIpc) is 3.15. The summed E-state index contributed by atoms with van der Waals surface area (Å²) < 4.78 is 10.1. The summed E-state index contributed by atoms with van der Waals surface area (Å²) in [5.74, 6) is -1.76. The van der Waals surface area contributed by atoms with Crippen molar-refractivity contribution >= 4 is 23.5 Å². The maximum absolute atomic E-state index is 12.4. The van der Waals surface area contributed by atoms with E-state index in [0.717, 1.165) is 16.7 Å². The summed E-state index contributed by atoms with van der Waals surface area (Å²) in [5, 5.41) is 5.35. The zero-order valence-electron chi connectivity index (χ0n) is 16.8. The van der Waals surface area contributed by atoms with Gasteiger partial charge in [-0.3, -0.25) is 9.59 Å². The van der Waals surface area contributed by atoms with Crippen molar-refractivity contribution in [3.8, 4) is 0 Å². The Balaban J connectivity index is 1.95. The summed E-state index contributed by atoms with van der Waals surface area (Å²) in [5.41, 5.74) is 3.68. The van der Waals surface area contributed by atoms with Crippen LogP contribution in [0.15, 0.2) is 34.9 Å². The predicted molar refractivity (Wildman–Crippen MR) is 105 cm³/mol. The van der Waals surface area contributed by atoms with Crippen LogP contribution in [0.3, 0.4) is 0 Å². The molecular weight excluding hydrogens is 360 g/mol. The molecule has 0 aliphatic rings. The fourth-order valence-electron chi connectivity index (χ4n) is 2.90. The third-order valence-corrected chi connectivity index (χ3v) is 4.24. The van der Waals surface area contributed by atoms with Gasteiger partial charge in [0.05, 0.1) is 6.26 Å². The number of furan rings is 1. The molecule has 0 saturated heterocycles. The lowest BCUT2D eigenvalue weighted by Gasteiger charge is -2.20. The second-order valence-electron chi connectivity index (χ2n) is 7.10. The first kappa shape index (κ1) is 21.2. The number of carbonyl (C=O) groups excluding carboxylic acids is 3. The highest BCUT2D eigenvalue weighted by Gasteiger charge is 2.27. The highest BCUT2D eigenvalue weighted by Crippen LogP contribution is 2.21. The third kappa shape index (κ3) is 5.45. The monoisotopic (exact) mass is 386 g/mol. The van der Waals surface area contributed by atoms with E-state index in [-0.39, 0.29) is 11.7 Å². The van der Waals surface area contributed by atoms with Crippen LogP contribution in [0.25, 0.3) is 0 Å². The number of carbonyl (C=O) groups is 3. The fraction of sp³-hybridized carbons (Fsp3) is 0.381. The number of amides is 2. The quantitative estimate of drug-likeness (QED) is 0.713. The smallest absolute Gasteiger partial charge is 0.329 e. The van der Waals surface area contributed by atoms with E-state index in [1.54, 1.807) is 19.9 Å². The van der Waals surface area contributed by atoms with Crippen molar-refractivity contribution in [2.45, 2.75) is 40.7 Å². The molecule has 1 atom stereocenters. The van der Waals surface area contributed by atoms with Crippen LogP contribution in [0, 0.1) is 26.7 Å². The number of aryl methyl sites for hydroxylation is 3. The molecule has 2 rings (SSSR count). The maximum Gasteiger partial charge on any atom is 0.329 e. The molecule has 0 aliphatic heterocycles. The van der Waals surface area contributed by atoms with E-state index in [1.165, 1.54) is 12.3 Å². The first-order valence-corrected chi connectivity index (χ1v) is 9.07. The Morgan fingerprint density at radius 1 is 1.11 bits per heavy atom. The third-order valence-electron chi connectivity index (χ3n) is 4.24. The number of esters is 1. The van der Waals surface area contributed by atoms with Gasteiger partial charge in [0.1, 0.15) is 6.04 Å². The van der Waals surface area contributed by atoms with E-state index in [9.17, 15) is 14.4 Å². The standard InChI is InChI=1S/C21H26N2O5/c1-12(2)18(23-20(25)16-7-6-8-27-16)21(26)28-11-17(24)22-19-14(4)9-13(3)10-15(19)5/h6-10,12,18H,11H2,1-5H3,(H,22,24)(H,23,25)/t18-/m0/s1. The minimum Gasteiger partial charge on any atom is -0.459 e. The zero-order chi connectivity index (χ0) is 20.8. The summed E-state index contributed by atoms with van der Waals surface area (Å²) >= 11 is 0. The molecule has 0 bridgehead atoms. The van der Waals surface area contributed by atoms with Crippen molar-refractivity contribution in [3.63, 3.8) is 0 Å². The Kier molecular flexibility index (Phi) is 6.98. The van der Waals surface area contributed by atoms with Crippen LogP contribution in [0.4, 0.5) is 5.69 Å². The highest BCUT2D eigenvalue weighted by atomic mass is 16.5. The summed E-state index contributed by atoms with van der Waals surface area (Å²) in [4.78, 5) is 36.7. The topological polar surface area (TPSA) is 97.6 Å². The molecule has 1 heterocycles. The van der Waals surface area contributed by atoms with E-state index < -0.39 is 30.4 Å². The van der Waals surface area contributed by atoms with Gasteiger partial charge < -0.3 is 19.8 Å². The molecule has 0 aliphatic carbocycles. The van der Waals surface area contributed by atoms with E-state index in [2.05, 4.69) is 10.6 Å². The largest absolute Gasteiger partial charge is 0.459 e. The molecule has 0 fully saturated rings. The molecule has 2 aromatic rings. The number of ether oxygens (including phenoxy) is 1. The molecular formula is C21H26N2O5. The van der Waals surface area contributed by atoms with Gasteiger partial charge in [-0.1, -0.05) is 31.5 Å². The molecule has 7 nitrogen and oxygen atoms in total. The average molecular weight is 386 g/mol. The first-order valence-electron chi connectivity index (χ1n) is 9.07. The molecule has 0 saturated carbocycles. The van der Waals surface area contributed by atoms with Gasteiger partial charge in [-0.05, 0) is 49.9 Å². The van der Waals surface area contributed by atoms with Crippen molar-refractivity contribution in [1.82, 2.24) is 5.32 Å². The van der Waals surface area contributed by atoms with Crippen molar-refractivity contribution in [2.24, 2.45) is 5.92 Å². The lowest BCUT2D eigenvalue weighted by atomic mass is 10.0. The van der Waals surface area contributed by atoms with Gasteiger partial charge in [0, 0.05) is 5.69 Å². The van der Waals surface area contributed by atoms with Crippen LogP contribution in [0.2, 0.25) is 0 Å². The number of benzene rings is 1. The fourth-order valence-corrected chi connectivity index (χ4v) is 2.90. The van der Waals surface area contributed by atoms with Gasteiger partial charge in [-0.15, -0.1) is 0 Å².